The zero-order valence-electron chi connectivity index (χ0n) is 12.2. The van der Waals surface area contributed by atoms with E-state index in [1.807, 2.05) is 42.5 Å². The maximum atomic E-state index is 12.0. The zero-order valence-corrected chi connectivity index (χ0v) is 12.2. The molecule has 0 saturated heterocycles. The Kier molecular flexibility index (Phi) is 4.58. The highest BCUT2D eigenvalue weighted by Gasteiger charge is 2.20. The minimum atomic E-state index is -0.909. The van der Waals surface area contributed by atoms with Gasteiger partial charge in [0.05, 0.1) is 12.3 Å². The van der Waals surface area contributed by atoms with Gasteiger partial charge in [0.25, 0.3) is 0 Å². The van der Waals surface area contributed by atoms with Gasteiger partial charge in [-0.1, -0.05) is 42.5 Å². The van der Waals surface area contributed by atoms with Gasteiger partial charge in [0.15, 0.2) is 0 Å². The van der Waals surface area contributed by atoms with Crippen molar-refractivity contribution in [1.29, 1.82) is 0 Å². The van der Waals surface area contributed by atoms with Crippen LogP contribution in [0.5, 0.6) is 0 Å². The first kappa shape index (κ1) is 15.0. The number of nitrogens with one attached hydrogen (secondary N) is 1. The van der Waals surface area contributed by atoms with Crippen LogP contribution in [-0.2, 0) is 16.0 Å². The summed E-state index contributed by atoms with van der Waals surface area (Å²) in [5.41, 5.74) is 0.918. The number of hydrogen-bond donors (Lipinski definition) is 2. The molecule has 110 valence electrons. The van der Waals surface area contributed by atoms with Gasteiger partial charge in [-0.2, -0.15) is 0 Å². The fourth-order valence-electron chi connectivity index (χ4n) is 2.18. The van der Waals surface area contributed by atoms with Crippen LogP contribution < -0.4 is 5.32 Å². The van der Waals surface area contributed by atoms with Crippen LogP contribution in [-0.4, -0.2) is 23.0 Å². The minimum absolute atomic E-state index is 0.161. The lowest BCUT2D eigenvalue weighted by molar-refractivity contribution is -0.142. The highest BCUT2D eigenvalue weighted by molar-refractivity contribution is 5.85. The van der Waals surface area contributed by atoms with E-state index < -0.39 is 17.9 Å². The van der Waals surface area contributed by atoms with E-state index in [4.69, 9.17) is 5.11 Å². The molecule has 1 amide bonds. The number of benzene rings is 2. The lowest BCUT2D eigenvalue weighted by atomic mass is 10.0. The van der Waals surface area contributed by atoms with Gasteiger partial charge in [-0.3, -0.25) is 9.59 Å². The van der Waals surface area contributed by atoms with E-state index in [2.05, 4.69) is 5.32 Å². The van der Waals surface area contributed by atoms with E-state index in [9.17, 15) is 9.59 Å². The molecular formula is C17H19NO3. The van der Waals surface area contributed by atoms with Gasteiger partial charge in [-0.05, 0) is 30.2 Å². The van der Waals surface area contributed by atoms with Crippen molar-refractivity contribution in [1.82, 2.24) is 5.32 Å². The van der Waals surface area contributed by atoms with E-state index >= 15 is 0 Å². The summed E-state index contributed by atoms with van der Waals surface area (Å²) < 4.78 is 0. The summed E-state index contributed by atoms with van der Waals surface area (Å²) >= 11 is 0. The molecule has 0 aromatic heterocycles. The average Bonchev–Trinajstić information content (AvgIpc) is 2.45. The Hall–Kier alpha value is -2.36. The molecule has 0 saturated carbocycles. The molecule has 0 radical (unpaired) electrons. The molecule has 2 atom stereocenters. The molecule has 2 rings (SSSR count). The summed E-state index contributed by atoms with van der Waals surface area (Å²) in [4.78, 5) is 22.9. The molecule has 0 heterocycles. The second-order valence-electron chi connectivity index (χ2n) is 5.34. The summed E-state index contributed by atoms with van der Waals surface area (Å²) in [6.07, 6.45) is 0.252. The van der Waals surface area contributed by atoms with Crippen molar-refractivity contribution in [2.75, 3.05) is 0 Å². The van der Waals surface area contributed by atoms with Crippen molar-refractivity contribution in [3.8, 4) is 0 Å². The number of carboxylic acid groups (broad SMARTS) is 1. The predicted octanol–water partition coefficient (Wildman–Crippen LogP) is 2.61. The van der Waals surface area contributed by atoms with Gasteiger partial charge in [0.1, 0.15) is 0 Å². The first-order valence-corrected chi connectivity index (χ1v) is 6.97. The van der Waals surface area contributed by atoms with Crippen molar-refractivity contribution in [2.45, 2.75) is 26.3 Å². The highest BCUT2D eigenvalue weighted by atomic mass is 16.4. The Morgan fingerprint density at radius 2 is 1.76 bits per heavy atom. The smallest absolute Gasteiger partial charge is 0.308 e. The summed E-state index contributed by atoms with van der Waals surface area (Å²) in [6.45, 7) is 3.29. The van der Waals surface area contributed by atoms with E-state index in [0.29, 0.717) is 0 Å². The lowest BCUT2D eigenvalue weighted by Crippen LogP contribution is -2.40. The number of rotatable bonds is 5. The third-order valence-electron chi connectivity index (χ3n) is 3.71. The van der Waals surface area contributed by atoms with Crippen LogP contribution in [0.3, 0.4) is 0 Å². The molecule has 0 fully saturated rings. The Labute approximate surface area is 123 Å². The summed E-state index contributed by atoms with van der Waals surface area (Å²) in [6, 6.07) is 13.5. The predicted molar refractivity (Wildman–Crippen MR) is 82.1 cm³/mol. The first-order valence-electron chi connectivity index (χ1n) is 6.97. The van der Waals surface area contributed by atoms with E-state index in [-0.39, 0.29) is 12.3 Å². The molecule has 2 aromatic rings. The van der Waals surface area contributed by atoms with Gasteiger partial charge in [0, 0.05) is 6.04 Å². The van der Waals surface area contributed by atoms with Gasteiger partial charge < -0.3 is 10.4 Å². The molecule has 4 heteroatoms. The second kappa shape index (κ2) is 6.39. The molecule has 0 aliphatic heterocycles. The molecular weight excluding hydrogens is 266 g/mol. The average molecular weight is 285 g/mol. The van der Waals surface area contributed by atoms with Gasteiger partial charge in [0.2, 0.25) is 5.91 Å². The van der Waals surface area contributed by atoms with E-state index in [1.165, 1.54) is 0 Å². The Balaban J connectivity index is 2.02. The Morgan fingerprint density at radius 3 is 2.43 bits per heavy atom. The molecule has 0 bridgehead atoms. The Morgan fingerprint density at radius 1 is 1.10 bits per heavy atom. The molecule has 4 nitrogen and oxygen atoms in total. The van der Waals surface area contributed by atoms with Crippen LogP contribution in [0.25, 0.3) is 10.8 Å². The third-order valence-corrected chi connectivity index (χ3v) is 3.71. The number of amides is 1. The third kappa shape index (κ3) is 3.81. The number of carbonyl (C=O) groups is 2. The molecule has 2 aromatic carbocycles. The summed E-state index contributed by atoms with van der Waals surface area (Å²) in [7, 11) is 0. The van der Waals surface area contributed by atoms with E-state index in [1.54, 1.807) is 13.8 Å². The fourth-order valence-corrected chi connectivity index (χ4v) is 2.18. The van der Waals surface area contributed by atoms with Crippen LogP contribution >= 0.6 is 0 Å². The topological polar surface area (TPSA) is 66.4 Å². The van der Waals surface area contributed by atoms with Crippen molar-refractivity contribution in [2.24, 2.45) is 5.92 Å². The quantitative estimate of drug-likeness (QED) is 0.887. The lowest BCUT2D eigenvalue weighted by Gasteiger charge is -2.17. The van der Waals surface area contributed by atoms with Gasteiger partial charge in [-0.15, -0.1) is 0 Å². The molecule has 0 spiro atoms. The number of hydrogen-bond acceptors (Lipinski definition) is 2. The van der Waals surface area contributed by atoms with Crippen molar-refractivity contribution in [3.05, 3.63) is 48.0 Å². The maximum Gasteiger partial charge on any atom is 0.308 e. The minimum Gasteiger partial charge on any atom is -0.481 e. The standard InChI is InChI=1S/C17H19NO3/c1-11(17(20)21)12(2)18-16(19)10-13-7-8-14-5-3-4-6-15(14)9-13/h3-9,11-12H,10H2,1-2H3,(H,18,19)(H,20,21). The van der Waals surface area contributed by atoms with Crippen molar-refractivity contribution < 1.29 is 14.7 Å². The van der Waals surface area contributed by atoms with Gasteiger partial charge >= 0.3 is 5.97 Å². The maximum absolute atomic E-state index is 12.0. The SMILES string of the molecule is CC(NC(=O)Cc1ccc2ccccc2c1)C(C)C(=O)O. The van der Waals surface area contributed by atoms with Crippen LogP contribution in [0.1, 0.15) is 19.4 Å². The number of carbonyl (C=O) groups excluding carboxylic acids is 1. The first-order chi connectivity index (χ1) is 9.97. The van der Waals surface area contributed by atoms with Crippen LogP contribution in [0.15, 0.2) is 42.5 Å². The van der Waals surface area contributed by atoms with Crippen molar-refractivity contribution >= 4 is 22.6 Å². The van der Waals surface area contributed by atoms with E-state index in [0.717, 1.165) is 16.3 Å². The number of carboxylic acids is 1. The summed E-state index contributed by atoms with van der Waals surface area (Å²) in [5, 5.41) is 13.9. The van der Waals surface area contributed by atoms with Crippen molar-refractivity contribution in [3.63, 3.8) is 0 Å². The fraction of sp³-hybridized carbons (Fsp3) is 0.294. The monoisotopic (exact) mass is 285 g/mol. The molecule has 0 aliphatic rings. The molecule has 0 aliphatic carbocycles. The molecule has 21 heavy (non-hydrogen) atoms. The van der Waals surface area contributed by atoms with Gasteiger partial charge in [-0.25, -0.2) is 0 Å². The largest absolute Gasteiger partial charge is 0.481 e. The zero-order chi connectivity index (χ0) is 15.4. The Bertz CT molecular complexity index is 666. The number of fused-ring (bicyclic) bond motifs is 1. The highest BCUT2D eigenvalue weighted by Crippen LogP contribution is 2.16. The normalized spacial score (nSPS) is 13.6. The van der Waals surface area contributed by atoms with Crippen LogP contribution in [0.2, 0.25) is 0 Å². The molecule has 2 N–H and O–H groups in total. The van der Waals surface area contributed by atoms with Crippen LogP contribution in [0, 0.1) is 5.92 Å². The van der Waals surface area contributed by atoms with Crippen LogP contribution in [0.4, 0.5) is 0 Å². The summed E-state index contributed by atoms with van der Waals surface area (Å²) in [5.74, 6) is -1.68. The molecule has 2 unspecified atom stereocenters. The number of aliphatic carboxylic acids is 1. The second-order valence-corrected chi connectivity index (χ2v) is 5.34.